The van der Waals surface area contributed by atoms with Gasteiger partial charge in [-0.1, -0.05) is 41.5 Å². The molecule has 2 heterocycles. The molecule has 7 fully saturated rings. The third kappa shape index (κ3) is 4.54. The zero-order valence-corrected chi connectivity index (χ0v) is 30.2. The first-order valence-corrected chi connectivity index (χ1v) is 18.7. The molecule has 0 aromatic heterocycles. The number of fused-ring (bicyclic) bond motifs is 4. The number of carbonyl (C=O) groups is 2. The first-order valence-electron chi connectivity index (χ1n) is 18.7. The Labute approximate surface area is 285 Å². The molecule has 5 saturated carbocycles. The van der Waals surface area contributed by atoms with Crippen molar-refractivity contribution < 1.29 is 49.0 Å². The van der Waals surface area contributed by atoms with Gasteiger partial charge in [-0.2, -0.15) is 0 Å². The predicted molar refractivity (Wildman–Crippen MR) is 174 cm³/mol. The molecule has 0 radical (unpaired) electrons. The van der Waals surface area contributed by atoms with Crippen LogP contribution in [0.25, 0.3) is 0 Å². The minimum atomic E-state index is -1.31. The van der Waals surface area contributed by atoms with Crippen LogP contribution in [-0.4, -0.2) is 93.4 Å². The minimum Gasteiger partial charge on any atom is -0.457 e. The molecule has 0 unspecified atom stereocenters. The van der Waals surface area contributed by atoms with Crippen LogP contribution in [0.3, 0.4) is 0 Å². The average Bonchev–Trinajstić information content (AvgIpc) is 3.65. The maximum Gasteiger partial charge on any atom is 0.305 e. The summed E-state index contributed by atoms with van der Waals surface area (Å²) in [4.78, 5) is 27.4. The SMILES string of the molecule is CCC(=O)O[C@@H]([C@H]1C[C@@H](C)[C@H]2[C@H](O1)C(=O)[C@@]1(C)[C@@H]3CC[C@H]4C(C)(C)[C@@H](O[C@@H]5OC[C@@H](O)[C@H](O)[C@H]5O)CC[C@@]45C[C@@]35CC[C@]21C)C(C)(C)O. The maximum atomic E-state index is 15.0. The van der Waals surface area contributed by atoms with Crippen LogP contribution < -0.4 is 0 Å². The van der Waals surface area contributed by atoms with E-state index in [-0.39, 0.29) is 70.3 Å². The van der Waals surface area contributed by atoms with Crippen LogP contribution in [0.4, 0.5) is 0 Å². The highest BCUT2D eigenvalue weighted by Gasteiger charge is 2.85. The number of esters is 1. The van der Waals surface area contributed by atoms with Crippen molar-refractivity contribution in [3.63, 3.8) is 0 Å². The van der Waals surface area contributed by atoms with Crippen molar-refractivity contribution in [3.8, 4) is 0 Å². The normalized spacial score (nSPS) is 53.0. The largest absolute Gasteiger partial charge is 0.457 e. The zero-order chi connectivity index (χ0) is 35.0. The molecule has 7 aliphatic rings. The van der Waals surface area contributed by atoms with Crippen LogP contribution in [-0.2, 0) is 28.5 Å². The Morgan fingerprint density at radius 2 is 1.67 bits per heavy atom. The van der Waals surface area contributed by atoms with Gasteiger partial charge < -0.3 is 39.4 Å². The smallest absolute Gasteiger partial charge is 0.305 e. The van der Waals surface area contributed by atoms with Gasteiger partial charge in [0.2, 0.25) is 0 Å². The third-order valence-corrected chi connectivity index (χ3v) is 15.8. The van der Waals surface area contributed by atoms with E-state index in [1.807, 2.05) is 0 Å². The van der Waals surface area contributed by atoms with E-state index in [4.69, 9.17) is 18.9 Å². The second kappa shape index (κ2) is 11.2. The summed E-state index contributed by atoms with van der Waals surface area (Å²) in [6, 6.07) is 0. The van der Waals surface area contributed by atoms with Gasteiger partial charge in [-0.25, -0.2) is 0 Å². The number of aliphatic hydroxyl groups is 4. The minimum absolute atomic E-state index is 0.0664. The number of ether oxygens (including phenoxy) is 4. The molecule has 0 aromatic carbocycles. The summed E-state index contributed by atoms with van der Waals surface area (Å²) < 4.78 is 24.6. The van der Waals surface area contributed by atoms with E-state index in [0.717, 1.165) is 44.9 Å². The first kappa shape index (κ1) is 35.3. The number of ketones is 1. The fraction of sp³-hybridized carbons (Fsp3) is 0.947. The lowest BCUT2D eigenvalue weighted by Crippen LogP contribution is -2.60. The van der Waals surface area contributed by atoms with E-state index in [1.165, 1.54) is 0 Å². The number of hydrogen-bond donors (Lipinski definition) is 4. The van der Waals surface area contributed by atoms with Gasteiger partial charge in [0.25, 0.3) is 0 Å². The molecule has 16 atom stereocenters. The lowest BCUT2D eigenvalue weighted by Gasteiger charge is -2.62. The van der Waals surface area contributed by atoms with Crippen molar-refractivity contribution in [2.75, 3.05) is 6.61 Å². The Morgan fingerprint density at radius 1 is 1.00 bits per heavy atom. The molecule has 2 saturated heterocycles. The topological polar surface area (TPSA) is 152 Å². The predicted octanol–water partition coefficient (Wildman–Crippen LogP) is 3.92. The zero-order valence-electron chi connectivity index (χ0n) is 30.2. The Kier molecular flexibility index (Phi) is 8.21. The second-order valence-electron chi connectivity index (χ2n) is 18.6. The molecule has 2 aliphatic heterocycles. The highest BCUT2D eigenvalue weighted by molar-refractivity contribution is 5.93. The van der Waals surface area contributed by atoms with Gasteiger partial charge in [0, 0.05) is 17.8 Å². The van der Waals surface area contributed by atoms with Gasteiger partial charge in [-0.3, -0.25) is 9.59 Å². The van der Waals surface area contributed by atoms with Crippen LogP contribution in [0.15, 0.2) is 0 Å². The summed E-state index contributed by atoms with van der Waals surface area (Å²) in [7, 11) is 0. The van der Waals surface area contributed by atoms with E-state index < -0.39 is 53.9 Å². The van der Waals surface area contributed by atoms with Crippen LogP contribution >= 0.6 is 0 Å². The third-order valence-electron chi connectivity index (χ3n) is 15.8. The summed E-state index contributed by atoms with van der Waals surface area (Å²) in [5, 5.41) is 41.9. The van der Waals surface area contributed by atoms with Crippen molar-refractivity contribution in [3.05, 3.63) is 0 Å². The molecule has 0 aromatic rings. The number of aliphatic hydroxyl groups excluding tert-OH is 3. The van der Waals surface area contributed by atoms with Crippen molar-refractivity contribution >= 4 is 11.8 Å². The first-order chi connectivity index (χ1) is 22.3. The quantitative estimate of drug-likeness (QED) is 0.241. The molecule has 0 bridgehead atoms. The van der Waals surface area contributed by atoms with Gasteiger partial charge in [0.1, 0.15) is 24.4 Å². The Balaban J connectivity index is 1.14. The fourth-order valence-corrected chi connectivity index (χ4v) is 13.4. The molecule has 10 heteroatoms. The van der Waals surface area contributed by atoms with Crippen LogP contribution in [0, 0.1) is 50.7 Å². The van der Waals surface area contributed by atoms with Crippen molar-refractivity contribution in [2.45, 2.75) is 168 Å². The highest BCUT2D eigenvalue weighted by atomic mass is 16.7. The molecule has 0 amide bonds. The summed E-state index contributed by atoms with van der Waals surface area (Å²) in [6.07, 6.45) is 0.907. The molecule has 7 rings (SSSR count). The van der Waals surface area contributed by atoms with Gasteiger partial charge in [0.15, 0.2) is 18.2 Å². The van der Waals surface area contributed by atoms with Gasteiger partial charge in [-0.05, 0) is 105 Å². The molecular weight excluding hydrogens is 616 g/mol. The summed E-state index contributed by atoms with van der Waals surface area (Å²) in [5.74, 6) is 0.693. The van der Waals surface area contributed by atoms with E-state index in [0.29, 0.717) is 12.3 Å². The van der Waals surface area contributed by atoms with Crippen LogP contribution in [0.2, 0.25) is 0 Å². The van der Waals surface area contributed by atoms with Crippen LogP contribution in [0.1, 0.15) is 113 Å². The van der Waals surface area contributed by atoms with Crippen LogP contribution in [0.5, 0.6) is 0 Å². The van der Waals surface area contributed by atoms with Crippen molar-refractivity contribution in [1.29, 1.82) is 0 Å². The van der Waals surface area contributed by atoms with Crippen molar-refractivity contribution in [1.82, 2.24) is 0 Å². The second-order valence-corrected chi connectivity index (χ2v) is 18.6. The van der Waals surface area contributed by atoms with E-state index >= 15 is 4.79 Å². The number of rotatable bonds is 6. The molecule has 2 spiro atoms. The average molecular weight is 677 g/mol. The van der Waals surface area contributed by atoms with Gasteiger partial charge in [0.05, 0.1) is 24.4 Å². The van der Waals surface area contributed by atoms with Gasteiger partial charge >= 0.3 is 5.97 Å². The molecule has 5 aliphatic carbocycles. The van der Waals surface area contributed by atoms with E-state index in [9.17, 15) is 25.2 Å². The number of carbonyl (C=O) groups excluding carboxylic acids is 2. The van der Waals surface area contributed by atoms with E-state index in [2.05, 4.69) is 34.6 Å². The Morgan fingerprint density at radius 3 is 2.33 bits per heavy atom. The molecule has 48 heavy (non-hydrogen) atoms. The maximum absolute atomic E-state index is 15.0. The lowest BCUT2D eigenvalue weighted by molar-refractivity contribution is -0.302. The highest BCUT2D eigenvalue weighted by Crippen LogP contribution is 2.89. The standard InChI is InChI=1S/C38H60O10/c1-9-25(40)48-31(34(5,6)44)21-16-19(2)26-29(46-21)30(43)36(8)23-11-10-22-33(3,4)24(47-32-28(42)27(41)20(39)17-45-32)12-13-37(22)18-38(23,37)15-14-35(26,36)7/h19-24,26-29,31-32,39,41-42,44H,9-18H2,1-8H3/t19-,20-,21-,22+,23+,24+,26+,27+,28-,29+,31+,32+,35-,36-,37-,38+/m1/s1. The molecule has 10 nitrogen and oxygen atoms in total. The van der Waals surface area contributed by atoms with Crippen molar-refractivity contribution in [2.24, 2.45) is 50.7 Å². The molecular formula is C38H60O10. The number of hydrogen-bond acceptors (Lipinski definition) is 10. The Bertz CT molecular complexity index is 1310. The number of Topliss-reactive ketones (excluding diaryl/α,β-unsaturated/α-hetero) is 1. The summed E-state index contributed by atoms with van der Waals surface area (Å²) in [5.41, 5.74) is -2.06. The lowest BCUT2D eigenvalue weighted by atomic mass is 9.41. The van der Waals surface area contributed by atoms with E-state index in [1.54, 1.807) is 20.8 Å². The summed E-state index contributed by atoms with van der Waals surface area (Å²) >= 11 is 0. The Hall–Kier alpha value is -1.14. The molecule has 4 N–H and O–H groups in total. The molecule has 272 valence electrons. The summed E-state index contributed by atoms with van der Waals surface area (Å²) in [6.45, 7) is 16.3. The monoisotopic (exact) mass is 676 g/mol. The fourth-order valence-electron chi connectivity index (χ4n) is 13.4. The van der Waals surface area contributed by atoms with Gasteiger partial charge in [-0.15, -0.1) is 0 Å².